The molecule has 0 aliphatic rings. The van der Waals surface area contributed by atoms with Crippen LogP contribution in [0.4, 0.5) is 26.3 Å². The quantitative estimate of drug-likeness (QED) is 0.0761. The molecule has 0 saturated carbocycles. The van der Waals surface area contributed by atoms with Crippen LogP contribution >= 0.6 is 11.8 Å². The van der Waals surface area contributed by atoms with Crippen molar-refractivity contribution < 1.29 is 52.3 Å². The van der Waals surface area contributed by atoms with E-state index in [4.69, 9.17) is 0 Å². The Kier molecular flexibility index (Phi) is 16.9. The van der Waals surface area contributed by atoms with Gasteiger partial charge in [0.25, 0.3) is 0 Å². The van der Waals surface area contributed by atoms with Crippen LogP contribution in [0.25, 0.3) is 0 Å². The van der Waals surface area contributed by atoms with Crippen LogP contribution in [0.3, 0.4) is 0 Å². The lowest BCUT2D eigenvalue weighted by Crippen LogP contribution is -2.12. The number of rotatable bonds is 10. The predicted molar refractivity (Wildman–Crippen MR) is 246 cm³/mol. The Labute approximate surface area is 394 Å². The van der Waals surface area contributed by atoms with Gasteiger partial charge < -0.3 is 9.11 Å². The summed E-state index contributed by atoms with van der Waals surface area (Å²) in [5.74, 6) is 0. The van der Waals surface area contributed by atoms with Crippen LogP contribution in [0.2, 0.25) is 0 Å². The van der Waals surface area contributed by atoms with E-state index in [1.165, 1.54) is 39.2 Å². The van der Waals surface area contributed by atoms with Crippen molar-refractivity contribution in [2.24, 2.45) is 0 Å². The van der Waals surface area contributed by atoms with Crippen LogP contribution in [-0.2, 0) is 54.4 Å². The zero-order chi connectivity index (χ0) is 48.2. The normalized spacial score (nSPS) is 11.9. The van der Waals surface area contributed by atoms with Gasteiger partial charge in [-0.3, -0.25) is 0 Å². The molecule has 0 saturated heterocycles. The minimum absolute atomic E-state index is 0.208. The van der Waals surface area contributed by atoms with Gasteiger partial charge in [0.15, 0.2) is 29.4 Å². The molecule has 0 N–H and O–H groups in total. The number of benzene rings is 8. The van der Waals surface area contributed by atoms with Crippen LogP contribution in [0.15, 0.2) is 267 Å². The highest BCUT2D eigenvalue weighted by atomic mass is 32.2. The number of halogens is 6. The summed E-state index contributed by atoms with van der Waals surface area (Å²) in [4.78, 5) is 8.15. The molecule has 0 heterocycles. The zero-order valence-corrected chi connectivity index (χ0v) is 38.6. The van der Waals surface area contributed by atoms with Gasteiger partial charge in [-0.1, -0.05) is 133 Å². The number of hydrogen-bond donors (Lipinski definition) is 0. The molecule has 0 aliphatic carbocycles. The van der Waals surface area contributed by atoms with E-state index < -0.39 is 53.5 Å². The lowest BCUT2D eigenvalue weighted by atomic mass is 10.2. The average molecular weight is 1010 g/mol. The number of alkyl halides is 6. The van der Waals surface area contributed by atoms with Gasteiger partial charge in [0.05, 0.1) is 30.7 Å². The third-order valence-corrected chi connectivity index (χ3v) is 17.0. The van der Waals surface area contributed by atoms with Crippen molar-refractivity contribution in [3.05, 3.63) is 230 Å². The fourth-order valence-corrected chi connectivity index (χ4v) is 13.6. The predicted octanol–water partition coefficient (Wildman–Crippen LogP) is 13.2. The van der Waals surface area contributed by atoms with E-state index in [9.17, 15) is 52.3 Å². The molecule has 8 aromatic carbocycles. The van der Waals surface area contributed by atoms with E-state index in [2.05, 4.69) is 170 Å². The van der Waals surface area contributed by atoms with E-state index in [1.54, 1.807) is 0 Å². The summed E-state index contributed by atoms with van der Waals surface area (Å²) in [5.41, 5.74) is -2.87. The Hall–Kier alpha value is -5.79. The minimum atomic E-state index is -5.09. The second-order valence-electron chi connectivity index (χ2n) is 13.8. The zero-order valence-electron chi connectivity index (χ0n) is 34.5. The molecule has 8 rings (SSSR count). The molecule has 0 amide bonds. The number of hydrogen-bond acceptors (Lipinski definition) is 7. The first-order chi connectivity index (χ1) is 31.8. The summed E-state index contributed by atoms with van der Waals surface area (Å²) in [6, 6.07) is 68.0. The van der Waals surface area contributed by atoms with Crippen molar-refractivity contribution in [3.63, 3.8) is 0 Å². The van der Waals surface area contributed by atoms with Crippen LogP contribution in [0.1, 0.15) is 11.1 Å². The van der Waals surface area contributed by atoms with Crippen LogP contribution < -0.4 is 0 Å². The van der Waals surface area contributed by atoms with Gasteiger partial charge in [-0.05, 0) is 97.1 Å². The Bertz CT molecular complexity index is 2800. The molecule has 344 valence electrons. The maximum atomic E-state index is 12.2. The third kappa shape index (κ3) is 13.7. The molecular weight excluding hydrogens is 971 g/mol. The second-order valence-corrected chi connectivity index (χ2v) is 21.5. The first-order valence-corrected chi connectivity index (χ1v) is 25.7. The van der Waals surface area contributed by atoms with Crippen molar-refractivity contribution in [2.45, 2.75) is 61.3 Å². The highest BCUT2D eigenvalue weighted by Gasteiger charge is 2.37. The van der Waals surface area contributed by atoms with Gasteiger partial charge in [0.2, 0.25) is 0 Å². The van der Waals surface area contributed by atoms with E-state index in [-0.39, 0.29) is 21.8 Å². The molecule has 17 heteroatoms. The molecule has 0 atom stereocenters. The maximum Gasteiger partial charge on any atom is 0.417 e. The first-order valence-electron chi connectivity index (χ1n) is 19.6. The Morgan fingerprint density at radius 1 is 0.343 bits per heavy atom. The summed E-state index contributed by atoms with van der Waals surface area (Å²) < 4.78 is 136. The van der Waals surface area contributed by atoms with Gasteiger partial charge in [-0.15, -0.1) is 0 Å². The average Bonchev–Trinajstić information content (AvgIpc) is 3.31. The van der Waals surface area contributed by atoms with E-state index in [0.29, 0.717) is 24.3 Å². The molecule has 67 heavy (non-hydrogen) atoms. The molecular formula is C50H36F6O6S5. The Morgan fingerprint density at radius 2 is 0.582 bits per heavy atom. The monoisotopic (exact) mass is 1010 g/mol. The molecule has 6 nitrogen and oxygen atoms in total. The SMILES string of the molecule is O=S(=O)([O-])c1ccccc1C(F)(F)F.O=S(=O)([O-])c1ccccc1C(F)(F)F.c1ccc([S+](c2ccccc2)c2ccccc2Sc2ccccc2[S+](c2ccccc2)c2ccccc2)cc1. The van der Waals surface area contributed by atoms with E-state index in [0.717, 1.165) is 24.3 Å². The van der Waals surface area contributed by atoms with Gasteiger partial charge in [0, 0.05) is 0 Å². The van der Waals surface area contributed by atoms with Crippen molar-refractivity contribution in [2.75, 3.05) is 0 Å². The standard InChI is InChI=1S/C36H28S3.2C7H5F3O3S/c1-5-17-29(18-6-1)38(30-19-7-2-8-20-30)35-27-15-13-25-33(35)37-34-26-14-16-28-36(34)39(31-21-9-3-10-22-31)32-23-11-4-12-24-32;2*8-7(9,10)5-3-1-2-4-6(5)14(11,12)13/h1-28H;2*1-4H,(H,11,12,13)/q+2;;/p-2. The Balaban J connectivity index is 0.000000216. The highest BCUT2D eigenvalue weighted by Crippen LogP contribution is 2.44. The molecule has 0 aromatic heterocycles. The topological polar surface area (TPSA) is 114 Å². The summed E-state index contributed by atoms with van der Waals surface area (Å²) >= 11 is 1.89. The second kappa shape index (κ2) is 22.3. The van der Waals surface area contributed by atoms with Gasteiger partial charge in [-0.2, -0.15) is 26.3 Å². The highest BCUT2D eigenvalue weighted by molar-refractivity contribution is 8.02. The minimum Gasteiger partial charge on any atom is -0.744 e. The fraction of sp³-hybridized carbons (Fsp3) is 0.0400. The first kappa shape index (κ1) is 50.6. The smallest absolute Gasteiger partial charge is 0.417 e. The van der Waals surface area contributed by atoms with Crippen LogP contribution in [0, 0.1) is 0 Å². The Morgan fingerprint density at radius 3 is 0.836 bits per heavy atom. The molecule has 0 unspecified atom stereocenters. The molecule has 0 radical (unpaired) electrons. The molecule has 0 spiro atoms. The van der Waals surface area contributed by atoms with Crippen molar-refractivity contribution in [1.29, 1.82) is 0 Å². The van der Waals surface area contributed by atoms with Gasteiger partial charge >= 0.3 is 12.4 Å². The summed E-state index contributed by atoms with van der Waals surface area (Å²) in [7, 11) is -10.6. The van der Waals surface area contributed by atoms with Crippen molar-refractivity contribution in [1.82, 2.24) is 0 Å². The molecule has 0 bridgehead atoms. The third-order valence-electron chi connectivity index (χ3n) is 9.20. The largest absolute Gasteiger partial charge is 0.744 e. The summed E-state index contributed by atoms with van der Waals surface area (Å²) in [6.07, 6.45) is -9.68. The van der Waals surface area contributed by atoms with Gasteiger partial charge in [0.1, 0.15) is 42.0 Å². The molecule has 8 aromatic rings. The lowest BCUT2D eigenvalue weighted by molar-refractivity contribution is -0.140. The molecule has 0 fully saturated rings. The van der Waals surface area contributed by atoms with Crippen molar-refractivity contribution >= 4 is 53.8 Å². The van der Waals surface area contributed by atoms with Crippen LogP contribution in [0.5, 0.6) is 0 Å². The maximum absolute atomic E-state index is 12.2. The lowest BCUT2D eigenvalue weighted by Gasteiger charge is -2.14. The van der Waals surface area contributed by atoms with Gasteiger partial charge in [-0.25, -0.2) is 16.8 Å². The van der Waals surface area contributed by atoms with Crippen molar-refractivity contribution in [3.8, 4) is 0 Å². The summed E-state index contributed by atoms with van der Waals surface area (Å²) in [5, 5.41) is 0. The van der Waals surface area contributed by atoms with E-state index >= 15 is 0 Å². The fourth-order valence-electron chi connectivity index (χ4n) is 6.37. The van der Waals surface area contributed by atoms with E-state index in [1.807, 2.05) is 11.8 Å². The van der Waals surface area contributed by atoms with Crippen LogP contribution in [-0.4, -0.2) is 25.9 Å². The molecule has 0 aliphatic heterocycles. The summed E-state index contributed by atoms with van der Waals surface area (Å²) in [6.45, 7) is 0.